The van der Waals surface area contributed by atoms with Crippen molar-refractivity contribution in [2.45, 2.75) is 13.8 Å². The molecule has 0 aliphatic rings. The van der Waals surface area contributed by atoms with Gasteiger partial charge in [0.2, 0.25) is 0 Å². The first-order valence-corrected chi connectivity index (χ1v) is 8.81. The minimum Gasteiger partial charge on any atom is -0.378 e. The molecule has 2 aromatic carbocycles. The Morgan fingerprint density at radius 3 is 2.37 bits per heavy atom. The first-order valence-electron chi connectivity index (χ1n) is 8.81. The van der Waals surface area contributed by atoms with Crippen molar-refractivity contribution < 1.29 is 4.79 Å². The van der Waals surface area contributed by atoms with Gasteiger partial charge in [0, 0.05) is 43.0 Å². The van der Waals surface area contributed by atoms with Crippen LogP contribution in [0, 0.1) is 13.8 Å². The molecule has 3 aromatic rings. The highest BCUT2D eigenvalue weighted by Crippen LogP contribution is 2.21. The Hall–Kier alpha value is -3.34. The number of carbonyl (C=O) groups excluding carboxylic acids is 1. The lowest BCUT2D eigenvalue weighted by Gasteiger charge is -2.14. The highest BCUT2D eigenvalue weighted by atomic mass is 16.1. The fraction of sp³-hybridized carbons (Fsp3) is 0.182. The maximum absolute atomic E-state index is 12.6. The number of rotatable bonds is 5. The van der Waals surface area contributed by atoms with E-state index >= 15 is 0 Å². The van der Waals surface area contributed by atoms with Crippen LogP contribution < -0.4 is 15.5 Å². The van der Waals surface area contributed by atoms with Gasteiger partial charge in [-0.3, -0.25) is 9.78 Å². The van der Waals surface area contributed by atoms with Crippen LogP contribution in [0.25, 0.3) is 0 Å². The minimum absolute atomic E-state index is 0.227. The van der Waals surface area contributed by atoms with Gasteiger partial charge in [-0.1, -0.05) is 12.1 Å². The number of amides is 1. The predicted octanol–water partition coefficient (Wildman–Crippen LogP) is 4.76. The molecule has 0 atom stereocenters. The van der Waals surface area contributed by atoms with Gasteiger partial charge in [0.15, 0.2) is 0 Å². The van der Waals surface area contributed by atoms with E-state index in [2.05, 4.69) is 15.6 Å². The second kappa shape index (κ2) is 7.91. The van der Waals surface area contributed by atoms with E-state index in [1.54, 1.807) is 12.3 Å². The minimum atomic E-state index is -0.227. The zero-order valence-corrected chi connectivity index (χ0v) is 16.1. The number of anilines is 4. The molecule has 0 bridgehead atoms. The summed E-state index contributed by atoms with van der Waals surface area (Å²) >= 11 is 0. The number of aryl methyl sites for hydroxylation is 2. The molecule has 5 heteroatoms. The summed E-state index contributed by atoms with van der Waals surface area (Å²) in [6.07, 6.45) is 1.63. The largest absolute Gasteiger partial charge is 0.378 e. The lowest BCUT2D eigenvalue weighted by atomic mass is 10.1. The van der Waals surface area contributed by atoms with Gasteiger partial charge in [-0.15, -0.1) is 0 Å². The van der Waals surface area contributed by atoms with E-state index in [4.69, 9.17) is 0 Å². The molecule has 27 heavy (non-hydrogen) atoms. The molecule has 3 rings (SSSR count). The monoisotopic (exact) mass is 360 g/mol. The fourth-order valence-electron chi connectivity index (χ4n) is 2.70. The Kier molecular flexibility index (Phi) is 5.41. The molecule has 1 heterocycles. The van der Waals surface area contributed by atoms with Gasteiger partial charge in [-0.05, 0) is 67.4 Å². The van der Waals surface area contributed by atoms with Gasteiger partial charge in [0.05, 0.1) is 0 Å². The number of hydrogen-bond acceptors (Lipinski definition) is 4. The summed E-state index contributed by atoms with van der Waals surface area (Å²) in [5.74, 6) is -0.227. The molecule has 5 nitrogen and oxygen atoms in total. The summed E-state index contributed by atoms with van der Waals surface area (Å²) in [5.41, 5.74) is 6.18. The zero-order chi connectivity index (χ0) is 19.4. The van der Waals surface area contributed by atoms with Crippen molar-refractivity contribution in [3.05, 3.63) is 77.6 Å². The van der Waals surface area contributed by atoms with Gasteiger partial charge in [-0.2, -0.15) is 0 Å². The van der Waals surface area contributed by atoms with Crippen LogP contribution in [0.1, 0.15) is 21.6 Å². The number of carbonyl (C=O) groups is 1. The normalized spacial score (nSPS) is 10.4. The van der Waals surface area contributed by atoms with E-state index in [1.165, 1.54) is 0 Å². The second-order valence-corrected chi connectivity index (χ2v) is 6.77. The van der Waals surface area contributed by atoms with E-state index in [-0.39, 0.29) is 5.91 Å². The zero-order valence-electron chi connectivity index (χ0n) is 16.1. The standard InChI is InChI=1S/C22H24N4O/c1-15-5-6-16(2)20(13-15)25-22(27)21-14-18(11-12-23-21)24-17-7-9-19(10-8-17)26(3)4/h5-14H,1-4H3,(H,23,24)(H,25,27). The molecule has 0 radical (unpaired) electrons. The third-order valence-electron chi connectivity index (χ3n) is 4.31. The van der Waals surface area contributed by atoms with Crippen LogP contribution in [0.2, 0.25) is 0 Å². The third-order valence-corrected chi connectivity index (χ3v) is 4.31. The molecule has 0 spiro atoms. The molecule has 0 saturated carbocycles. The third kappa shape index (κ3) is 4.64. The number of benzene rings is 2. The van der Waals surface area contributed by atoms with Crippen molar-refractivity contribution in [2.24, 2.45) is 0 Å². The molecule has 138 valence electrons. The molecule has 0 saturated heterocycles. The van der Waals surface area contributed by atoms with E-state index in [0.717, 1.165) is 33.9 Å². The van der Waals surface area contributed by atoms with Crippen LogP contribution in [-0.4, -0.2) is 25.0 Å². The number of nitrogens with one attached hydrogen (secondary N) is 2. The van der Waals surface area contributed by atoms with E-state index in [0.29, 0.717) is 5.69 Å². The summed E-state index contributed by atoms with van der Waals surface area (Å²) in [6.45, 7) is 3.97. The summed E-state index contributed by atoms with van der Waals surface area (Å²) in [4.78, 5) is 18.9. The lowest BCUT2D eigenvalue weighted by Crippen LogP contribution is -2.14. The van der Waals surface area contributed by atoms with E-state index in [9.17, 15) is 4.79 Å². The highest BCUT2D eigenvalue weighted by Gasteiger charge is 2.10. The Labute approximate surface area is 160 Å². The molecule has 0 unspecified atom stereocenters. The Morgan fingerprint density at radius 2 is 1.67 bits per heavy atom. The second-order valence-electron chi connectivity index (χ2n) is 6.77. The Morgan fingerprint density at radius 1 is 0.926 bits per heavy atom. The molecule has 0 aliphatic heterocycles. The molecule has 2 N–H and O–H groups in total. The lowest BCUT2D eigenvalue weighted by molar-refractivity contribution is 0.102. The van der Waals surface area contributed by atoms with Crippen molar-refractivity contribution in [2.75, 3.05) is 29.6 Å². The van der Waals surface area contributed by atoms with Gasteiger partial charge in [-0.25, -0.2) is 0 Å². The number of pyridine rings is 1. The predicted molar refractivity (Wildman–Crippen MR) is 112 cm³/mol. The van der Waals surface area contributed by atoms with Crippen molar-refractivity contribution in [3.63, 3.8) is 0 Å². The summed E-state index contributed by atoms with van der Waals surface area (Å²) in [7, 11) is 4.01. The van der Waals surface area contributed by atoms with Gasteiger partial charge >= 0.3 is 0 Å². The quantitative estimate of drug-likeness (QED) is 0.689. The van der Waals surface area contributed by atoms with Crippen LogP contribution in [-0.2, 0) is 0 Å². The molecular formula is C22H24N4O. The van der Waals surface area contributed by atoms with Gasteiger partial charge < -0.3 is 15.5 Å². The molecule has 1 aromatic heterocycles. The van der Waals surface area contributed by atoms with E-state index in [1.807, 2.05) is 81.4 Å². The highest BCUT2D eigenvalue weighted by molar-refractivity contribution is 6.03. The SMILES string of the molecule is Cc1ccc(C)c(NC(=O)c2cc(Nc3ccc(N(C)C)cc3)ccn2)c1. The average molecular weight is 360 g/mol. The smallest absolute Gasteiger partial charge is 0.274 e. The summed E-state index contributed by atoms with van der Waals surface area (Å²) < 4.78 is 0. The number of hydrogen-bond donors (Lipinski definition) is 2. The van der Waals surface area contributed by atoms with Gasteiger partial charge in [0.1, 0.15) is 5.69 Å². The van der Waals surface area contributed by atoms with E-state index < -0.39 is 0 Å². The first-order chi connectivity index (χ1) is 12.9. The van der Waals surface area contributed by atoms with Crippen molar-refractivity contribution in [1.29, 1.82) is 0 Å². The number of nitrogens with zero attached hydrogens (tertiary/aromatic N) is 2. The maximum atomic E-state index is 12.6. The van der Waals surface area contributed by atoms with Crippen LogP contribution in [0.3, 0.4) is 0 Å². The molecule has 0 fully saturated rings. The van der Waals surface area contributed by atoms with Crippen LogP contribution in [0.15, 0.2) is 60.8 Å². The summed E-state index contributed by atoms with van der Waals surface area (Å²) in [5, 5.41) is 6.25. The topological polar surface area (TPSA) is 57.3 Å². The van der Waals surface area contributed by atoms with Crippen LogP contribution >= 0.6 is 0 Å². The molecular weight excluding hydrogens is 336 g/mol. The van der Waals surface area contributed by atoms with Crippen molar-refractivity contribution in [1.82, 2.24) is 4.98 Å². The van der Waals surface area contributed by atoms with Crippen molar-refractivity contribution >= 4 is 28.7 Å². The fourth-order valence-corrected chi connectivity index (χ4v) is 2.70. The molecule has 0 aliphatic carbocycles. The molecule has 1 amide bonds. The van der Waals surface area contributed by atoms with Crippen molar-refractivity contribution in [3.8, 4) is 0 Å². The van der Waals surface area contributed by atoms with Crippen LogP contribution in [0.4, 0.5) is 22.7 Å². The Bertz CT molecular complexity index is 949. The number of aromatic nitrogens is 1. The van der Waals surface area contributed by atoms with Gasteiger partial charge in [0.25, 0.3) is 5.91 Å². The van der Waals surface area contributed by atoms with Crippen LogP contribution in [0.5, 0.6) is 0 Å². The first kappa shape index (κ1) is 18.5. The average Bonchev–Trinajstić information content (AvgIpc) is 2.65. The Balaban J connectivity index is 1.74. The maximum Gasteiger partial charge on any atom is 0.274 e. The summed E-state index contributed by atoms with van der Waals surface area (Å²) in [6, 6.07) is 17.7.